The van der Waals surface area contributed by atoms with E-state index in [2.05, 4.69) is 20.5 Å². The summed E-state index contributed by atoms with van der Waals surface area (Å²) in [5.41, 5.74) is 0.933. The first kappa shape index (κ1) is 18.2. The molecule has 2 heterocycles. The molecule has 6 nitrogen and oxygen atoms in total. The summed E-state index contributed by atoms with van der Waals surface area (Å²) in [7, 11) is 0. The van der Waals surface area contributed by atoms with E-state index < -0.39 is 6.04 Å². The van der Waals surface area contributed by atoms with E-state index in [1.165, 1.54) is 12.8 Å². The molecule has 2 amide bonds. The Balaban J connectivity index is 1.57. The number of hydrogen-bond donors (Lipinski definition) is 2. The Hall–Kier alpha value is -2.60. The second kappa shape index (κ2) is 8.19. The molecule has 0 radical (unpaired) electrons. The van der Waals surface area contributed by atoms with Crippen molar-refractivity contribution in [3.8, 4) is 0 Å². The molecule has 0 spiro atoms. The fraction of sp³-hybridized carbons (Fsp3) is 0.316. The number of anilines is 2. The van der Waals surface area contributed by atoms with E-state index in [1.54, 1.807) is 37.4 Å². The Kier molecular flexibility index (Phi) is 5.73. The van der Waals surface area contributed by atoms with Crippen LogP contribution in [0.1, 0.15) is 30.1 Å². The quantitative estimate of drug-likeness (QED) is 0.845. The van der Waals surface area contributed by atoms with E-state index in [-0.39, 0.29) is 11.8 Å². The summed E-state index contributed by atoms with van der Waals surface area (Å²) in [6.07, 6.45) is 4.00. The topological polar surface area (TPSA) is 74.3 Å². The highest BCUT2D eigenvalue weighted by Gasteiger charge is 2.19. The molecule has 2 aromatic rings. The van der Waals surface area contributed by atoms with Gasteiger partial charge < -0.3 is 15.5 Å². The van der Waals surface area contributed by atoms with Crippen molar-refractivity contribution in [3.63, 3.8) is 0 Å². The van der Waals surface area contributed by atoms with E-state index in [9.17, 15) is 9.59 Å². The highest BCUT2D eigenvalue weighted by atomic mass is 35.5. The molecule has 1 fully saturated rings. The van der Waals surface area contributed by atoms with Crippen LogP contribution in [0.5, 0.6) is 0 Å². The fourth-order valence-electron chi connectivity index (χ4n) is 2.83. The van der Waals surface area contributed by atoms with Crippen LogP contribution in [0.25, 0.3) is 0 Å². The SMILES string of the molecule is CC(NC(=O)c1ccccc1Cl)C(=O)Nc1ccc(N2CCCC2)nc1. The minimum absolute atomic E-state index is 0.318. The Morgan fingerprint density at radius 2 is 1.88 bits per heavy atom. The van der Waals surface area contributed by atoms with Crippen LogP contribution < -0.4 is 15.5 Å². The Morgan fingerprint density at radius 3 is 2.54 bits per heavy atom. The minimum Gasteiger partial charge on any atom is -0.357 e. The second-order valence-corrected chi connectivity index (χ2v) is 6.67. The maximum absolute atomic E-state index is 12.3. The predicted octanol–water partition coefficient (Wildman–Crippen LogP) is 3.09. The van der Waals surface area contributed by atoms with Crippen LogP contribution in [0.4, 0.5) is 11.5 Å². The number of halogens is 1. The lowest BCUT2D eigenvalue weighted by atomic mass is 10.2. The van der Waals surface area contributed by atoms with Crippen LogP contribution in [0.2, 0.25) is 5.02 Å². The molecule has 1 unspecified atom stereocenters. The summed E-state index contributed by atoms with van der Waals surface area (Å²) >= 11 is 6.01. The lowest BCUT2D eigenvalue weighted by Gasteiger charge is -2.17. The number of pyridine rings is 1. The van der Waals surface area contributed by atoms with Gasteiger partial charge in [-0.3, -0.25) is 9.59 Å². The normalized spacial score (nSPS) is 14.8. The number of benzene rings is 1. The number of aromatic nitrogens is 1. The van der Waals surface area contributed by atoms with Gasteiger partial charge in [0.1, 0.15) is 11.9 Å². The molecule has 1 aromatic carbocycles. The lowest BCUT2D eigenvalue weighted by Crippen LogP contribution is -2.41. The van der Waals surface area contributed by atoms with E-state index in [1.807, 2.05) is 12.1 Å². The van der Waals surface area contributed by atoms with Crippen LogP contribution in [-0.2, 0) is 4.79 Å². The van der Waals surface area contributed by atoms with Crippen molar-refractivity contribution in [2.75, 3.05) is 23.3 Å². The molecule has 1 aromatic heterocycles. The Bertz CT molecular complexity index is 788. The maximum atomic E-state index is 12.3. The molecular weight excluding hydrogens is 352 g/mol. The number of amides is 2. The number of carbonyl (C=O) groups excluding carboxylic acids is 2. The first-order valence-corrected chi connectivity index (χ1v) is 8.99. The molecule has 7 heteroatoms. The highest BCUT2D eigenvalue weighted by Crippen LogP contribution is 2.19. The van der Waals surface area contributed by atoms with Gasteiger partial charge in [0.15, 0.2) is 0 Å². The summed E-state index contributed by atoms with van der Waals surface area (Å²) < 4.78 is 0. The number of nitrogens with zero attached hydrogens (tertiary/aromatic N) is 2. The van der Waals surface area contributed by atoms with Crippen LogP contribution in [0.3, 0.4) is 0 Å². The van der Waals surface area contributed by atoms with Crippen molar-refractivity contribution >= 4 is 34.9 Å². The molecule has 1 saturated heterocycles. The van der Waals surface area contributed by atoms with Gasteiger partial charge >= 0.3 is 0 Å². The first-order valence-electron chi connectivity index (χ1n) is 8.62. The van der Waals surface area contributed by atoms with Crippen molar-refractivity contribution in [1.82, 2.24) is 10.3 Å². The van der Waals surface area contributed by atoms with Crippen molar-refractivity contribution in [3.05, 3.63) is 53.2 Å². The van der Waals surface area contributed by atoms with E-state index in [0.29, 0.717) is 16.3 Å². The van der Waals surface area contributed by atoms with Crippen LogP contribution >= 0.6 is 11.6 Å². The molecule has 1 aliphatic rings. The van der Waals surface area contributed by atoms with Gasteiger partial charge in [-0.25, -0.2) is 4.98 Å². The molecule has 0 saturated carbocycles. The van der Waals surface area contributed by atoms with Crippen molar-refractivity contribution in [2.24, 2.45) is 0 Å². The molecular formula is C19H21ClN4O2. The average Bonchev–Trinajstić information content (AvgIpc) is 3.17. The van der Waals surface area contributed by atoms with Crippen molar-refractivity contribution in [2.45, 2.75) is 25.8 Å². The van der Waals surface area contributed by atoms with E-state index in [0.717, 1.165) is 18.9 Å². The van der Waals surface area contributed by atoms with Gasteiger partial charge in [0, 0.05) is 13.1 Å². The summed E-state index contributed by atoms with van der Waals surface area (Å²) in [6, 6.07) is 9.72. The third-order valence-corrected chi connectivity index (χ3v) is 4.63. The molecule has 26 heavy (non-hydrogen) atoms. The summed E-state index contributed by atoms with van der Waals surface area (Å²) in [5, 5.41) is 5.76. The van der Waals surface area contributed by atoms with Gasteiger partial charge in [-0.1, -0.05) is 23.7 Å². The number of hydrogen-bond acceptors (Lipinski definition) is 4. The third-order valence-electron chi connectivity index (χ3n) is 4.30. The minimum atomic E-state index is -0.711. The zero-order chi connectivity index (χ0) is 18.5. The average molecular weight is 373 g/mol. The van der Waals surface area contributed by atoms with Gasteiger partial charge in [0.05, 0.1) is 22.5 Å². The maximum Gasteiger partial charge on any atom is 0.253 e. The van der Waals surface area contributed by atoms with Gasteiger partial charge in [-0.05, 0) is 44.0 Å². The summed E-state index contributed by atoms with van der Waals surface area (Å²) in [5.74, 6) is 0.211. The molecule has 3 rings (SSSR count). The molecule has 1 atom stereocenters. The number of carbonyl (C=O) groups is 2. The largest absolute Gasteiger partial charge is 0.357 e. The molecule has 136 valence electrons. The lowest BCUT2D eigenvalue weighted by molar-refractivity contribution is -0.117. The van der Waals surface area contributed by atoms with Gasteiger partial charge in [-0.2, -0.15) is 0 Å². The monoisotopic (exact) mass is 372 g/mol. The Morgan fingerprint density at radius 1 is 1.15 bits per heavy atom. The molecule has 2 N–H and O–H groups in total. The molecule has 1 aliphatic heterocycles. The second-order valence-electron chi connectivity index (χ2n) is 6.26. The Labute approximate surface area is 157 Å². The standard InChI is InChI=1S/C19H21ClN4O2/c1-13(22-19(26)15-6-2-3-7-16(15)20)18(25)23-14-8-9-17(21-12-14)24-10-4-5-11-24/h2-3,6-9,12-13H,4-5,10-11H2,1H3,(H,22,26)(H,23,25). The number of rotatable bonds is 5. The zero-order valence-corrected chi connectivity index (χ0v) is 15.3. The van der Waals surface area contributed by atoms with E-state index >= 15 is 0 Å². The number of nitrogens with one attached hydrogen (secondary N) is 2. The van der Waals surface area contributed by atoms with Crippen LogP contribution in [0, 0.1) is 0 Å². The smallest absolute Gasteiger partial charge is 0.253 e. The summed E-state index contributed by atoms with van der Waals surface area (Å²) in [4.78, 5) is 31.2. The van der Waals surface area contributed by atoms with Crippen molar-refractivity contribution < 1.29 is 9.59 Å². The van der Waals surface area contributed by atoms with Gasteiger partial charge in [0.2, 0.25) is 5.91 Å². The zero-order valence-electron chi connectivity index (χ0n) is 14.5. The summed E-state index contributed by atoms with van der Waals surface area (Å²) in [6.45, 7) is 3.66. The molecule has 0 aliphatic carbocycles. The van der Waals surface area contributed by atoms with Crippen molar-refractivity contribution in [1.29, 1.82) is 0 Å². The van der Waals surface area contributed by atoms with Crippen LogP contribution in [-0.4, -0.2) is 35.9 Å². The highest BCUT2D eigenvalue weighted by molar-refractivity contribution is 6.33. The first-order chi connectivity index (χ1) is 12.5. The van der Waals surface area contributed by atoms with E-state index in [4.69, 9.17) is 11.6 Å². The predicted molar refractivity (Wildman–Crippen MR) is 103 cm³/mol. The van der Waals surface area contributed by atoms with Crippen LogP contribution in [0.15, 0.2) is 42.6 Å². The molecule has 0 bridgehead atoms. The third kappa shape index (κ3) is 4.32. The fourth-order valence-corrected chi connectivity index (χ4v) is 3.05. The van der Waals surface area contributed by atoms with Gasteiger partial charge in [-0.15, -0.1) is 0 Å². The van der Waals surface area contributed by atoms with Gasteiger partial charge in [0.25, 0.3) is 5.91 Å².